The molecule has 0 aliphatic rings. The summed E-state index contributed by atoms with van der Waals surface area (Å²) in [5, 5.41) is 11.7. The molecule has 0 unspecified atom stereocenters. The van der Waals surface area contributed by atoms with Gasteiger partial charge in [0.2, 0.25) is 5.91 Å². The molecule has 6 heteroatoms. The number of aryl methyl sites for hydroxylation is 1. The van der Waals surface area contributed by atoms with Crippen LogP contribution in [-0.2, 0) is 11.4 Å². The molecule has 0 spiro atoms. The highest BCUT2D eigenvalue weighted by Crippen LogP contribution is 2.19. The molecule has 1 amide bonds. The van der Waals surface area contributed by atoms with E-state index in [1.807, 2.05) is 0 Å². The first-order valence-corrected chi connectivity index (χ1v) is 6.66. The summed E-state index contributed by atoms with van der Waals surface area (Å²) in [4.78, 5) is 27.1. The number of amides is 1. The summed E-state index contributed by atoms with van der Waals surface area (Å²) in [6.45, 7) is 2.94. The van der Waals surface area contributed by atoms with Gasteiger partial charge in [-0.2, -0.15) is 0 Å². The zero-order valence-electron chi connectivity index (χ0n) is 12.3. The predicted octanol–water partition coefficient (Wildman–Crippen LogP) is 2.06. The Morgan fingerprint density at radius 3 is 2.55 bits per heavy atom. The number of pyridine rings is 1. The molecule has 22 heavy (non-hydrogen) atoms. The fourth-order valence-electron chi connectivity index (χ4n) is 1.79. The largest absolute Gasteiger partial charge is 0.421 e. The Kier molecular flexibility index (Phi) is 4.85. The number of anilines is 1. The number of aromatic nitrogens is 1. The fourth-order valence-corrected chi connectivity index (χ4v) is 1.79. The first-order chi connectivity index (χ1) is 10.5. The van der Waals surface area contributed by atoms with Crippen molar-refractivity contribution in [2.75, 3.05) is 5.32 Å². The summed E-state index contributed by atoms with van der Waals surface area (Å²) in [5.41, 5.74) is 2.07. The summed E-state index contributed by atoms with van der Waals surface area (Å²) in [6, 6.07) is 7.94. The second kappa shape index (κ2) is 6.82. The van der Waals surface area contributed by atoms with Crippen LogP contribution in [0.4, 0.5) is 5.69 Å². The molecular weight excluding hydrogens is 284 g/mol. The van der Waals surface area contributed by atoms with Gasteiger partial charge in [0.15, 0.2) is 5.75 Å². The molecule has 0 bridgehead atoms. The zero-order chi connectivity index (χ0) is 16.1. The predicted molar refractivity (Wildman–Crippen MR) is 80.6 cm³/mol. The first kappa shape index (κ1) is 15.7. The van der Waals surface area contributed by atoms with E-state index in [1.54, 1.807) is 37.3 Å². The quantitative estimate of drug-likeness (QED) is 0.844. The monoisotopic (exact) mass is 300 g/mol. The Balaban J connectivity index is 2.13. The van der Waals surface area contributed by atoms with Crippen molar-refractivity contribution < 1.29 is 19.4 Å². The van der Waals surface area contributed by atoms with Crippen molar-refractivity contribution in [1.82, 2.24) is 4.98 Å². The van der Waals surface area contributed by atoms with Gasteiger partial charge in [-0.3, -0.25) is 9.78 Å². The highest BCUT2D eigenvalue weighted by molar-refractivity contribution is 5.93. The van der Waals surface area contributed by atoms with E-state index < -0.39 is 5.97 Å². The molecule has 0 saturated heterocycles. The minimum atomic E-state index is -0.533. The Hall–Kier alpha value is -2.73. The van der Waals surface area contributed by atoms with Gasteiger partial charge in [0.25, 0.3) is 0 Å². The third-order valence-corrected chi connectivity index (χ3v) is 2.92. The average molecular weight is 300 g/mol. The average Bonchev–Trinajstić information content (AvgIpc) is 2.49. The van der Waals surface area contributed by atoms with Crippen LogP contribution in [0, 0.1) is 6.92 Å². The standard InChI is InChI=1S/C16H16N2O4/c1-10-15(7-12(9-19)8-17-10)22-16(21)13-3-5-14(6-4-13)18-11(2)20/h3-8,19H,9H2,1-2H3,(H,18,20). The molecule has 114 valence electrons. The van der Waals surface area contributed by atoms with Gasteiger partial charge in [-0.05, 0) is 42.8 Å². The number of carbonyl (C=O) groups is 2. The number of nitrogens with one attached hydrogen (secondary N) is 1. The molecular formula is C16H16N2O4. The van der Waals surface area contributed by atoms with Crippen molar-refractivity contribution in [1.29, 1.82) is 0 Å². The SMILES string of the molecule is CC(=O)Nc1ccc(C(=O)Oc2cc(CO)cnc2C)cc1. The van der Waals surface area contributed by atoms with Crippen molar-refractivity contribution >= 4 is 17.6 Å². The molecule has 0 aliphatic heterocycles. The van der Waals surface area contributed by atoms with Crippen LogP contribution in [0.25, 0.3) is 0 Å². The third kappa shape index (κ3) is 3.89. The lowest BCUT2D eigenvalue weighted by Gasteiger charge is -2.08. The Labute approximate surface area is 127 Å². The molecule has 0 aliphatic carbocycles. The van der Waals surface area contributed by atoms with E-state index in [2.05, 4.69) is 10.3 Å². The van der Waals surface area contributed by atoms with E-state index in [0.29, 0.717) is 28.3 Å². The van der Waals surface area contributed by atoms with E-state index in [-0.39, 0.29) is 12.5 Å². The van der Waals surface area contributed by atoms with Crippen molar-refractivity contribution in [3.05, 3.63) is 53.3 Å². The maximum Gasteiger partial charge on any atom is 0.343 e. The number of hydrogen-bond acceptors (Lipinski definition) is 5. The third-order valence-electron chi connectivity index (χ3n) is 2.92. The van der Waals surface area contributed by atoms with Gasteiger partial charge in [-0.15, -0.1) is 0 Å². The lowest BCUT2D eigenvalue weighted by molar-refractivity contribution is -0.114. The molecule has 2 aromatic rings. The van der Waals surface area contributed by atoms with Gasteiger partial charge in [0, 0.05) is 18.8 Å². The number of ether oxygens (including phenoxy) is 1. The number of esters is 1. The number of benzene rings is 1. The molecule has 1 heterocycles. The second-order valence-electron chi connectivity index (χ2n) is 4.73. The van der Waals surface area contributed by atoms with Gasteiger partial charge in [-0.1, -0.05) is 0 Å². The lowest BCUT2D eigenvalue weighted by Crippen LogP contribution is -2.11. The minimum absolute atomic E-state index is 0.177. The van der Waals surface area contributed by atoms with Crippen LogP contribution in [0.15, 0.2) is 36.5 Å². The molecule has 0 radical (unpaired) electrons. The lowest BCUT2D eigenvalue weighted by atomic mass is 10.2. The molecule has 2 N–H and O–H groups in total. The van der Waals surface area contributed by atoms with Crippen molar-refractivity contribution in [2.45, 2.75) is 20.5 Å². The van der Waals surface area contributed by atoms with E-state index in [9.17, 15) is 9.59 Å². The van der Waals surface area contributed by atoms with Crippen LogP contribution in [0.1, 0.15) is 28.5 Å². The maximum atomic E-state index is 12.1. The van der Waals surface area contributed by atoms with Gasteiger partial charge in [0.1, 0.15) is 0 Å². The molecule has 6 nitrogen and oxygen atoms in total. The number of aliphatic hydroxyl groups is 1. The number of carbonyl (C=O) groups excluding carboxylic acids is 2. The molecule has 0 atom stereocenters. The highest BCUT2D eigenvalue weighted by Gasteiger charge is 2.11. The van der Waals surface area contributed by atoms with Crippen LogP contribution >= 0.6 is 0 Å². The van der Waals surface area contributed by atoms with Crippen LogP contribution in [0.3, 0.4) is 0 Å². The normalized spacial score (nSPS) is 10.1. The summed E-state index contributed by atoms with van der Waals surface area (Å²) in [7, 11) is 0. The van der Waals surface area contributed by atoms with Crippen LogP contribution < -0.4 is 10.1 Å². The molecule has 0 saturated carbocycles. The van der Waals surface area contributed by atoms with Gasteiger partial charge in [-0.25, -0.2) is 4.79 Å². The van der Waals surface area contributed by atoms with E-state index in [0.717, 1.165) is 0 Å². The maximum absolute atomic E-state index is 12.1. The van der Waals surface area contributed by atoms with Crippen LogP contribution in [0.2, 0.25) is 0 Å². The second-order valence-corrected chi connectivity index (χ2v) is 4.73. The number of rotatable bonds is 4. The number of aliphatic hydroxyl groups excluding tert-OH is 1. The molecule has 1 aromatic heterocycles. The molecule has 1 aromatic carbocycles. The minimum Gasteiger partial charge on any atom is -0.421 e. The van der Waals surface area contributed by atoms with Crippen molar-refractivity contribution in [3.8, 4) is 5.75 Å². The van der Waals surface area contributed by atoms with E-state index in [1.165, 1.54) is 13.1 Å². The first-order valence-electron chi connectivity index (χ1n) is 6.66. The van der Waals surface area contributed by atoms with Gasteiger partial charge in [0.05, 0.1) is 17.9 Å². The van der Waals surface area contributed by atoms with Gasteiger partial charge < -0.3 is 15.2 Å². The van der Waals surface area contributed by atoms with E-state index in [4.69, 9.17) is 9.84 Å². The Morgan fingerprint density at radius 1 is 1.27 bits per heavy atom. The Morgan fingerprint density at radius 2 is 1.95 bits per heavy atom. The van der Waals surface area contributed by atoms with Crippen molar-refractivity contribution in [2.24, 2.45) is 0 Å². The Bertz CT molecular complexity index is 696. The number of nitrogens with zero attached hydrogens (tertiary/aromatic N) is 1. The fraction of sp³-hybridized carbons (Fsp3) is 0.188. The molecule has 2 rings (SSSR count). The summed E-state index contributed by atoms with van der Waals surface area (Å²) < 4.78 is 5.29. The van der Waals surface area contributed by atoms with Crippen LogP contribution in [-0.4, -0.2) is 22.0 Å². The number of hydrogen-bond donors (Lipinski definition) is 2. The summed E-state index contributed by atoms with van der Waals surface area (Å²) in [6.07, 6.45) is 1.52. The van der Waals surface area contributed by atoms with Crippen molar-refractivity contribution in [3.63, 3.8) is 0 Å². The van der Waals surface area contributed by atoms with Gasteiger partial charge >= 0.3 is 5.97 Å². The molecule has 0 fully saturated rings. The topological polar surface area (TPSA) is 88.5 Å². The summed E-state index contributed by atoms with van der Waals surface area (Å²) in [5.74, 6) is -0.408. The van der Waals surface area contributed by atoms with Crippen LogP contribution in [0.5, 0.6) is 5.75 Å². The smallest absolute Gasteiger partial charge is 0.343 e. The summed E-state index contributed by atoms with van der Waals surface area (Å²) >= 11 is 0. The highest BCUT2D eigenvalue weighted by atomic mass is 16.5. The van der Waals surface area contributed by atoms with E-state index >= 15 is 0 Å². The zero-order valence-corrected chi connectivity index (χ0v) is 12.3.